The van der Waals surface area contributed by atoms with Gasteiger partial charge in [0.25, 0.3) is 0 Å². The maximum absolute atomic E-state index is 13.3. The van der Waals surface area contributed by atoms with E-state index >= 15 is 0 Å². The summed E-state index contributed by atoms with van der Waals surface area (Å²) in [6.45, 7) is 5.25. The average molecular weight is 427 g/mol. The summed E-state index contributed by atoms with van der Waals surface area (Å²) in [6, 6.07) is 17.0. The van der Waals surface area contributed by atoms with Crippen LogP contribution in [0.4, 0.5) is 0 Å². The number of nitrogens with zero attached hydrogens (tertiary/aromatic N) is 4. The zero-order chi connectivity index (χ0) is 22.3. The Hall–Kier alpha value is -3.80. The molecule has 0 unspecified atom stereocenters. The number of pyridine rings is 2. The van der Waals surface area contributed by atoms with Crippen LogP contribution in [0.25, 0.3) is 11.1 Å². The molecule has 6 heteroatoms. The maximum Gasteiger partial charge on any atom is 0.246 e. The minimum Gasteiger partial charge on any atom is -0.335 e. The topological polar surface area (TPSA) is 66.4 Å². The molecule has 2 amide bonds. The molecule has 1 aromatic carbocycles. The van der Waals surface area contributed by atoms with Gasteiger partial charge in [0.1, 0.15) is 6.04 Å². The van der Waals surface area contributed by atoms with E-state index in [2.05, 4.69) is 22.6 Å². The lowest BCUT2D eigenvalue weighted by molar-refractivity contribution is -0.150. The minimum absolute atomic E-state index is 0.0418. The van der Waals surface area contributed by atoms with Gasteiger partial charge in [-0.3, -0.25) is 19.6 Å². The van der Waals surface area contributed by atoms with E-state index in [-0.39, 0.29) is 18.2 Å². The number of aromatic nitrogens is 2. The predicted molar refractivity (Wildman–Crippen MR) is 124 cm³/mol. The van der Waals surface area contributed by atoms with E-state index in [1.54, 1.807) is 34.5 Å². The summed E-state index contributed by atoms with van der Waals surface area (Å²) >= 11 is 0. The first-order valence-corrected chi connectivity index (χ1v) is 10.7. The molecule has 0 saturated carbocycles. The fourth-order valence-corrected chi connectivity index (χ4v) is 4.08. The molecule has 0 spiro atoms. The monoisotopic (exact) mass is 426 g/mol. The molecular weight excluding hydrogens is 400 g/mol. The fourth-order valence-electron chi connectivity index (χ4n) is 4.08. The Morgan fingerprint density at radius 2 is 1.88 bits per heavy atom. The molecule has 2 aromatic heterocycles. The Balaban J connectivity index is 1.58. The third kappa shape index (κ3) is 4.91. The number of amides is 2. The quantitative estimate of drug-likeness (QED) is 0.545. The number of rotatable bonds is 7. The molecular formula is C26H26N4O2. The predicted octanol–water partition coefficient (Wildman–Crippen LogP) is 3.15. The number of carbonyl (C=O) groups excluding carboxylic acids is 2. The Morgan fingerprint density at radius 3 is 2.62 bits per heavy atom. The van der Waals surface area contributed by atoms with E-state index in [0.717, 1.165) is 16.7 Å². The summed E-state index contributed by atoms with van der Waals surface area (Å²) in [6.07, 6.45) is 7.57. The van der Waals surface area contributed by atoms with Gasteiger partial charge >= 0.3 is 0 Å². The van der Waals surface area contributed by atoms with Gasteiger partial charge < -0.3 is 9.80 Å². The number of hydrogen-bond acceptors (Lipinski definition) is 4. The number of piperazine rings is 1. The molecule has 3 heterocycles. The summed E-state index contributed by atoms with van der Waals surface area (Å²) in [5, 5.41) is 0. The Kier molecular flexibility index (Phi) is 6.70. The van der Waals surface area contributed by atoms with Gasteiger partial charge in [0.15, 0.2) is 0 Å². The van der Waals surface area contributed by atoms with Crippen LogP contribution >= 0.6 is 0 Å². The van der Waals surface area contributed by atoms with Crippen molar-refractivity contribution in [3.05, 3.63) is 97.1 Å². The second-order valence-electron chi connectivity index (χ2n) is 7.81. The van der Waals surface area contributed by atoms with Gasteiger partial charge in [0.2, 0.25) is 11.8 Å². The average Bonchev–Trinajstić information content (AvgIpc) is 2.83. The molecule has 0 radical (unpaired) electrons. The van der Waals surface area contributed by atoms with E-state index in [1.807, 2.05) is 48.5 Å². The van der Waals surface area contributed by atoms with Gasteiger partial charge in [-0.15, -0.1) is 6.58 Å². The van der Waals surface area contributed by atoms with E-state index < -0.39 is 6.04 Å². The number of hydrogen-bond donors (Lipinski definition) is 0. The molecule has 1 aliphatic heterocycles. The highest BCUT2D eigenvalue weighted by Gasteiger charge is 2.37. The van der Waals surface area contributed by atoms with Crippen molar-refractivity contribution in [2.45, 2.75) is 18.9 Å². The van der Waals surface area contributed by atoms with Crippen LogP contribution in [0.15, 0.2) is 85.8 Å². The lowest BCUT2D eigenvalue weighted by atomic mass is 9.97. The van der Waals surface area contributed by atoms with E-state index in [1.165, 1.54) is 0 Å². The lowest BCUT2D eigenvalue weighted by Gasteiger charge is -2.40. The van der Waals surface area contributed by atoms with E-state index in [9.17, 15) is 9.59 Å². The fraction of sp³-hybridized carbons (Fsp3) is 0.231. The van der Waals surface area contributed by atoms with Crippen molar-refractivity contribution in [1.29, 1.82) is 0 Å². The molecule has 1 saturated heterocycles. The van der Waals surface area contributed by atoms with E-state index in [0.29, 0.717) is 31.7 Å². The highest BCUT2D eigenvalue weighted by Crippen LogP contribution is 2.23. The first-order valence-electron chi connectivity index (χ1n) is 10.7. The van der Waals surface area contributed by atoms with Crippen molar-refractivity contribution in [3.8, 4) is 11.1 Å². The molecule has 1 aliphatic rings. The highest BCUT2D eigenvalue weighted by atomic mass is 16.2. The summed E-state index contributed by atoms with van der Waals surface area (Å²) < 4.78 is 0. The molecule has 0 N–H and O–H groups in total. The largest absolute Gasteiger partial charge is 0.335 e. The van der Waals surface area contributed by atoms with Crippen LogP contribution in [-0.4, -0.2) is 57.3 Å². The molecule has 1 atom stereocenters. The van der Waals surface area contributed by atoms with Crippen molar-refractivity contribution < 1.29 is 9.59 Å². The Bertz CT molecular complexity index is 1090. The van der Waals surface area contributed by atoms with Crippen LogP contribution < -0.4 is 0 Å². The molecule has 1 fully saturated rings. The third-order valence-corrected chi connectivity index (χ3v) is 5.68. The van der Waals surface area contributed by atoms with Crippen molar-refractivity contribution in [2.75, 3.05) is 19.6 Å². The molecule has 0 aliphatic carbocycles. The van der Waals surface area contributed by atoms with Crippen molar-refractivity contribution in [1.82, 2.24) is 19.8 Å². The smallest absolute Gasteiger partial charge is 0.246 e. The second kappa shape index (κ2) is 10.0. The zero-order valence-corrected chi connectivity index (χ0v) is 17.9. The minimum atomic E-state index is -0.549. The number of benzene rings is 1. The van der Waals surface area contributed by atoms with Crippen LogP contribution in [0.2, 0.25) is 0 Å². The Labute approximate surface area is 188 Å². The Morgan fingerprint density at radius 1 is 1.03 bits per heavy atom. The molecule has 162 valence electrons. The molecule has 0 bridgehead atoms. The summed E-state index contributed by atoms with van der Waals surface area (Å²) in [4.78, 5) is 38.3. The summed E-state index contributed by atoms with van der Waals surface area (Å²) in [5.41, 5.74) is 3.83. The molecule has 4 rings (SSSR count). The van der Waals surface area contributed by atoms with Crippen molar-refractivity contribution >= 4 is 11.8 Å². The lowest BCUT2D eigenvalue weighted by Crippen LogP contribution is -2.59. The van der Waals surface area contributed by atoms with Crippen LogP contribution in [-0.2, 0) is 22.4 Å². The van der Waals surface area contributed by atoms with E-state index in [4.69, 9.17) is 0 Å². The van der Waals surface area contributed by atoms with Crippen molar-refractivity contribution in [3.63, 3.8) is 0 Å². The molecule has 6 nitrogen and oxygen atoms in total. The van der Waals surface area contributed by atoms with Gasteiger partial charge in [-0.1, -0.05) is 36.4 Å². The second-order valence-corrected chi connectivity index (χ2v) is 7.81. The van der Waals surface area contributed by atoms with Crippen LogP contribution in [0.5, 0.6) is 0 Å². The zero-order valence-electron chi connectivity index (χ0n) is 17.9. The first kappa shape index (κ1) is 21.4. The van der Waals surface area contributed by atoms with Gasteiger partial charge in [0, 0.05) is 50.3 Å². The maximum atomic E-state index is 13.3. The van der Waals surface area contributed by atoms with Crippen LogP contribution in [0.1, 0.15) is 11.3 Å². The van der Waals surface area contributed by atoms with Crippen LogP contribution in [0, 0.1) is 0 Å². The third-order valence-electron chi connectivity index (χ3n) is 5.68. The number of carbonyl (C=O) groups is 2. The molecule has 32 heavy (non-hydrogen) atoms. The SMILES string of the molecule is C=CCN1CCN(C(=O)Cc2ccccn2)[C@H](Cc2cccc(-c3ccncc3)c2)C1=O. The van der Waals surface area contributed by atoms with Gasteiger partial charge in [-0.25, -0.2) is 0 Å². The summed E-state index contributed by atoms with van der Waals surface area (Å²) in [7, 11) is 0. The normalized spacial score (nSPS) is 16.1. The van der Waals surface area contributed by atoms with Crippen LogP contribution in [0.3, 0.4) is 0 Å². The summed E-state index contributed by atoms with van der Waals surface area (Å²) in [5.74, 6) is -0.120. The standard InChI is InChI=1S/C26H26N4O2/c1-2-14-29-15-16-30(25(31)19-23-8-3-4-11-28-23)24(26(29)32)18-20-6-5-7-22(17-20)21-9-12-27-13-10-21/h2-13,17,24H,1,14-16,18-19H2/t24-/m1/s1. The molecule has 3 aromatic rings. The highest BCUT2D eigenvalue weighted by molar-refractivity contribution is 5.90. The van der Waals surface area contributed by atoms with Gasteiger partial charge in [-0.2, -0.15) is 0 Å². The van der Waals surface area contributed by atoms with Crippen molar-refractivity contribution in [2.24, 2.45) is 0 Å². The van der Waals surface area contributed by atoms with Gasteiger partial charge in [0.05, 0.1) is 6.42 Å². The van der Waals surface area contributed by atoms with Gasteiger partial charge in [-0.05, 0) is 41.0 Å². The first-order chi connectivity index (χ1) is 15.7.